The van der Waals surface area contributed by atoms with Crippen LogP contribution in [0.3, 0.4) is 0 Å². The third-order valence-electron chi connectivity index (χ3n) is 5.64. The van der Waals surface area contributed by atoms with Crippen LogP contribution in [0.25, 0.3) is 21.8 Å². The molecular weight excluding hydrogens is 385 g/mol. The van der Waals surface area contributed by atoms with E-state index < -0.39 is 0 Å². The second-order valence-corrected chi connectivity index (χ2v) is 9.00. The Morgan fingerprint density at radius 2 is 1.86 bits per heavy atom. The zero-order chi connectivity index (χ0) is 19.8. The standard InChI is InChI=1S/C22H24FN5S/c1-28-12-9-14(10-13-28)21-27-19(16-4-2-3-5-17(16)23)20(29-21)18-8-11-24-22(26-18)25-15-6-7-15/h2-5,8,11,14-15H,6-7,9-10,12-13H2,1H3,(H,24,25,26). The van der Waals surface area contributed by atoms with Crippen LogP contribution in [0.5, 0.6) is 0 Å². The smallest absolute Gasteiger partial charge is 0.223 e. The van der Waals surface area contributed by atoms with Crippen LogP contribution < -0.4 is 5.32 Å². The number of nitrogens with one attached hydrogen (secondary N) is 1. The SMILES string of the molecule is CN1CCC(c2nc(-c3ccccc3F)c(-c3ccnc(NC4CC4)n3)s2)CC1. The number of thiazole rings is 1. The first kappa shape index (κ1) is 18.6. The first-order valence-electron chi connectivity index (χ1n) is 10.2. The largest absolute Gasteiger partial charge is 0.351 e. The molecule has 0 atom stereocenters. The van der Waals surface area contributed by atoms with Crippen molar-refractivity contribution in [3.05, 3.63) is 47.4 Å². The molecule has 2 aliphatic rings. The van der Waals surface area contributed by atoms with Gasteiger partial charge >= 0.3 is 0 Å². The maximum Gasteiger partial charge on any atom is 0.223 e. The molecule has 5 rings (SSSR count). The predicted octanol–water partition coefficient (Wildman–Crippen LogP) is 4.79. The minimum absolute atomic E-state index is 0.251. The molecule has 1 saturated heterocycles. The molecule has 2 aromatic heterocycles. The summed E-state index contributed by atoms with van der Waals surface area (Å²) in [7, 11) is 2.16. The lowest BCUT2D eigenvalue weighted by Gasteiger charge is -2.27. The van der Waals surface area contributed by atoms with Crippen LogP contribution in [0, 0.1) is 5.82 Å². The molecule has 150 valence electrons. The van der Waals surface area contributed by atoms with Crippen LogP contribution in [0.2, 0.25) is 0 Å². The summed E-state index contributed by atoms with van der Waals surface area (Å²) in [6.45, 7) is 2.13. The highest BCUT2D eigenvalue weighted by atomic mass is 32.1. The van der Waals surface area contributed by atoms with Gasteiger partial charge in [-0.05, 0) is 64.0 Å². The lowest BCUT2D eigenvalue weighted by Crippen LogP contribution is -2.29. The van der Waals surface area contributed by atoms with Gasteiger partial charge in [-0.15, -0.1) is 11.3 Å². The van der Waals surface area contributed by atoms with Crippen molar-refractivity contribution in [1.82, 2.24) is 19.9 Å². The summed E-state index contributed by atoms with van der Waals surface area (Å²) in [5.74, 6) is 0.805. The van der Waals surface area contributed by atoms with Crippen molar-refractivity contribution in [2.45, 2.75) is 37.6 Å². The molecule has 1 aromatic carbocycles. The fourth-order valence-corrected chi connectivity index (χ4v) is 4.96. The normalized spacial score (nSPS) is 18.1. The topological polar surface area (TPSA) is 53.9 Å². The molecule has 7 heteroatoms. The summed E-state index contributed by atoms with van der Waals surface area (Å²) < 4.78 is 14.6. The van der Waals surface area contributed by atoms with Gasteiger partial charge < -0.3 is 10.2 Å². The predicted molar refractivity (Wildman–Crippen MR) is 115 cm³/mol. The summed E-state index contributed by atoms with van der Waals surface area (Å²) in [6, 6.07) is 9.24. The Morgan fingerprint density at radius 1 is 1.07 bits per heavy atom. The van der Waals surface area contributed by atoms with E-state index in [1.807, 2.05) is 12.1 Å². The number of piperidine rings is 1. The Labute approximate surface area is 174 Å². The number of halogens is 1. The van der Waals surface area contributed by atoms with E-state index in [1.54, 1.807) is 29.7 Å². The zero-order valence-electron chi connectivity index (χ0n) is 16.4. The lowest BCUT2D eigenvalue weighted by atomic mass is 9.98. The number of likely N-dealkylation sites (tertiary alicyclic amines) is 1. The van der Waals surface area contributed by atoms with E-state index in [0.29, 0.717) is 29.2 Å². The van der Waals surface area contributed by atoms with Gasteiger partial charge in [0.15, 0.2) is 0 Å². The fraction of sp³-hybridized carbons (Fsp3) is 0.409. The van der Waals surface area contributed by atoms with E-state index >= 15 is 0 Å². The summed E-state index contributed by atoms with van der Waals surface area (Å²) in [4.78, 5) is 17.3. The minimum Gasteiger partial charge on any atom is -0.351 e. The number of hydrogen-bond donors (Lipinski definition) is 1. The second-order valence-electron chi connectivity index (χ2n) is 7.97. The Bertz CT molecular complexity index is 1010. The third-order valence-corrected chi connectivity index (χ3v) is 6.88. The van der Waals surface area contributed by atoms with E-state index in [9.17, 15) is 4.39 Å². The van der Waals surface area contributed by atoms with Gasteiger partial charge in [0.05, 0.1) is 21.3 Å². The summed E-state index contributed by atoms with van der Waals surface area (Å²) >= 11 is 1.65. The third kappa shape index (κ3) is 4.02. The molecule has 2 fully saturated rings. The van der Waals surface area contributed by atoms with Gasteiger partial charge in [0.25, 0.3) is 0 Å². The zero-order valence-corrected chi connectivity index (χ0v) is 17.3. The highest BCUT2D eigenvalue weighted by Crippen LogP contribution is 2.41. The molecule has 0 bridgehead atoms. The monoisotopic (exact) mass is 409 g/mol. The van der Waals surface area contributed by atoms with Crippen molar-refractivity contribution in [2.75, 3.05) is 25.5 Å². The van der Waals surface area contributed by atoms with Crippen LogP contribution in [-0.2, 0) is 0 Å². The van der Waals surface area contributed by atoms with Gasteiger partial charge in [-0.25, -0.2) is 19.3 Å². The molecule has 5 nitrogen and oxygen atoms in total. The van der Waals surface area contributed by atoms with Crippen LogP contribution >= 0.6 is 11.3 Å². The van der Waals surface area contributed by atoms with Crippen molar-refractivity contribution < 1.29 is 4.39 Å². The second kappa shape index (κ2) is 7.80. The molecule has 0 spiro atoms. The van der Waals surface area contributed by atoms with Gasteiger partial charge in [-0.3, -0.25) is 0 Å². The summed E-state index contributed by atoms with van der Waals surface area (Å²) in [6.07, 6.45) is 6.26. The van der Waals surface area contributed by atoms with Crippen LogP contribution in [0.4, 0.5) is 10.3 Å². The van der Waals surface area contributed by atoms with E-state index in [1.165, 1.54) is 6.07 Å². The molecule has 1 aliphatic heterocycles. The molecule has 0 amide bonds. The average Bonchev–Trinajstić information content (AvgIpc) is 3.44. The molecule has 3 heterocycles. The molecule has 29 heavy (non-hydrogen) atoms. The van der Waals surface area contributed by atoms with Crippen molar-refractivity contribution in [3.8, 4) is 21.8 Å². The Morgan fingerprint density at radius 3 is 2.62 bits per heavy atom. The first-order chi connectivity index (χ1) is 14.2. The Balaban J connectivity index is 1.56. The van der Waals surface area contributed by atoms with Crippen molar-refractivity contribution in [2.24, 2.45) is 0 Å². The number of nitrogens with zero attached hydrogens (tertiary/aromatic N) is 4. The molecule has 3 aromatic rings. The van der Waals surface area contributed by atoms with Crippen molar-refractivity contribution >= 4 is 17.3 Å². The number of aromatic nitrogens is 3. The average molecular weight is 410 g/mol. The highest BCUT2D eigenvalue weighted by molar-refractivity contribution is 7.15. The Hall–Kier alpha value is -2.38. The van der Waals surface area contributed by atoms with Gasteiger partial charge in [-0.2, -0.15) is 0 Å². The van der Waals surface area contributed by atoms with E-state index in [-0.39, 0.29) is 5.82 Å². The lowest BCUT2D eigenvalue weighted by molar-refractivity contribution is 0.255. The number of benzene rings is 1. The van der Waals surface area contributed by atoms with Crippen LogP contribution in [-0.4, -0.2) is 46.0 Å². The van der Waals surface area contributed by atoms with Gasteiger partial charge in [0.1, 0.15) is 5.82 Å². The number of anilines is 1. The molecular formula is C22H24FN5S. The van der Waals surface area contributed by atoms with Crippen molar-refractivity contribution in [1.29, 1.82) is 0 Å². The molecule has 1 N–H and O–H groups in total. The van der Waals surface area contributed by atoms with Gasteiger partial charge in [0, 0.05) is 23.7 Å². The highest BCUT2D eigenvalue weighted by Gasteiger charge is 2.26. The Kier molecular flexibility index (Phi) is 5.01. The minimum atomic E-state index is -0.251. The molecule has 0 radical (unpaired) electrons. The van der Waals surface area contributed by atoms with Gasteiger partial charge in [0.2, 0.25) is 5.95 Å². The quantitative estimate of drug-likeness (QED) is 0.657. The van der Waals surface area contributed by atoms with E-state index in [2.05, 4.69) is 22.2 Å². The van der Waals surface area contributed by atoms with Crippen molar-refractivity contribution in [3.63, 3.8) is 0 Å². The van der Waals surface area contributed by atoms with Gasteiger partial charge in [-0.1, -0.05) is 12.1 Å². The number of hydrogen-bond acceptors (Lipinski definition) is 6. The van der Waals surface area contributed by atoms with Crippen LogP contribution in [0.15, 0.2) is 36.5 Å². The van der Waals surface area contributed by atoms with Crippen LogP contribution in [0.1, 0.15) is 36.6 Å². The van der Waals surface area contributed by atoms with E-state index in [0.717, 1.165) is 54.4 Å². The van der Waals surface area contributed by atoms with E-state index in [4.69, 9.17) is 9.97 Å². The first-order valence-corrected chi connectivity index (χ1v) is 11.0. The summed E-state index contributed by atoms with van der Waals surface area (Å²) in [5.41, 5.74) is 2.03. The maximum absolute atomic E-state index is 14.6. The molecule has 1 aliphatic carbocycles. The molecule has 0 unspecified atom stereocenters. The summed E-state index contributed by atoms with van der Waals surface area (Å²) in [5, 5.41) is 4.44. The molecule has 1 saturated carbocycles. The number of rotatable bonds is 5. The maximum atomic E-state index is 14.6. The fourth-order valence-electron chi connectivity index (χ4n) is 3.74.